The van der Waals surface area contributed by atoms with Gasteiger partial charge in [-0.1, -0.05) is 81.4 Å². The van der Waals surface area contributed by atoms with Gasteiger partial charge in [0.05, 0.1) is 0 Å². The van der Waals surface area contributed by atoms with Crippen molar-refractivity contribution in [3.8, 4) is 0 Å². The van der Waals surface area contributed by atoms with E-state index in [4.69, 9.17) is 0 Å². The lowest BCUT2D eigenvalue weighted by Crippen LogP contribution is -2.14. The Morgan fingerprint density at radius 3 is 1.17 bits per heavy atom. The van der Waals surface area contributed by atoms with Crippen LogP contribution in [0.5, 0.6) is 0 Å². The zero-order chi connectivity index (χ0) is 17.1. The van der Waals surface area contributed by atoms with Crippen molar-refractivity contribution in [2.24, 2.45) is 0 Å². The molecule has 2 nitrogen and oxygen atoms in total. The van der Waals surface area contributed by atoms with Gasteiger partial charge >= 0.3 is 0 Å². The fourth-order valence-electron chi connectivity index (χ4n) is 2.11. The second-order valence-electron chi connectivity index (χ2n) is 5.01. The molecule has 130 valence electrons. The Morgan fingerprint density at radius 1 is 0.667 bits per heavy atom. The van der Waals surface area contributed by atoms with Gasteiger partial charge in [0, 0.05) is 11.1 Å². The molecule has 0 fully saturated rings. The van der Waals surface area contributed by atoms with E-state index in [1.807, 2.05) is 12.1 Å². The minimum absolute atomic E-state index is 0. The van der Waals surface area contributed by atoms with Crippen LogP contribution < -0.4 is 0 Å². The number of hydrogen-bond donors (Lipinski definition) is 0. The van der Waals surface area contributed by atoms with Crippen LogP contribution in [0.4, 0.5) is 0 Å². The van der Waals surface area contributed by atoms with Crippen molar-refractivity contribution in [2.75, 3.05) is 18.5 Å². The second kappa shape index (κ2) is 12.9. The van der Waals surface area contributed by atoms with Gasteiger partial charge in [-0.15, -0.1) is 20.3 Å². The van der Waals surface area contributed by atoms with E-state index >= 15 is 0 Å². The van der Waals surface area contributed by atoms with Crippen LogP contribution in [0.1, 0.15) is 41.5 Å². The zero-order valence-electron chi connectivity index (χ0n) is 14.6. The minimum Gasteiger partial charge on any atom is -0.285 e. The highest BCUT2D eigenvalue weighted by Crippen LogP contribution is 2.32. The first-order chi connectivity index (χ1) is 11.1. The number of rotatable bonds is 6. The lowest BCUT2D eigenvalue weighted by atomic mass is 10.0. The molecule has 0 heterocycles. The molecular weight excluding hydrogens is 339 g/mol. The third-order valence-electron chi connectivity index (χ3n) is 3.62. The van der Waals surface area contributed by atoms with Crippen LogP contribution in [-0.4, -0.2) is 30.1 Å². The van der Waals surface area contributed by atoms with E-state index in [1.54, 1.807) is 48.5 Å². The fourth-order valence-corrected chi connectivity index (χ4v) is 3.45. The summed E-state index contributed by atoms with van der Waals surface area (Å²) in [5.74, 6) is -0.932. The normalized spacial score (nSPS) is 9.50. The summed E-state index contributed by atoms with van der Waals surface area (Å²) in [6.45, 7) is 6.87. The molecule has 0 amide bonds. The van der Waals surface area contributed by atoms with Gasteiger partial charge in [-0.25, -0.2) is 0 Å². The Bertz CT molecular complexity index is 541. The van der Waals surface area contributed by atoms with E-state index in [9.17, 15) is 9.59 Å². The molecule has 0 saturated carbocycles. The van der Waals surface area contributed by atoms with Crippen LogP contribution in [0, 0.1) is 0 Å². The third kappa shape index (κ3) is 7.38. The summed E-state index contributed by atoms with van der Waals surface area (Å²) in [7, 11) is 0.446. The van der Waals surface area contributed by atoms with E-state index in [0.717, 1.165) is 0 Å². The monoisotopic (exact) mass is 364 g/mol. The largest absolute Gasteiger partial charge is 0.285 e. The Labute approximate surface area is 152 Å². The zero-order valence-corrected chi connectivity index (χ0v) is 16.3. The van der Waals surface area contributed by atoms with Gasteiger partial charge in [0.25, 0.3) is 0 Å². The summed E-state index contributed by atoms with van der Waals surface area (Å²) in [5.41, 5.74) is 0.854. The molecule has 0 N–H and O–H groups in total. The number of hydrogen-bond acceptors (Lipinski definition) is 2. The van der Waals surface area contributed by atoms with E-state index < -0.39 is 11.6 Å². The molecule has 0 aliphatic rings. The summed E-state index contributed by atoms with van der Waals surface area (Å²) >= 11 is 0. The topological polar surface area (TPSA) is 34.1 Å². The van der Waals surface area contributed by atoms with Gasteiger partial charge in [0.1, 0.15) is 0 Å². The summed E-state index contributed by atoms with van der Waals surface area (Å²) in [5, 5.41) is 0. The number of halogens is 1. The Morgan fingerprint density at radius 2 is 0.958 bits per heavy atom. The summed E-state index contributed by atoms with van der Waals surface area (Å²) in [4.78, 5) is 23.6. The molecule has 2 rings (SSSR count). The van der Waals surface area contributed by atoms with Gasteiger partial charge in [-0.2, -0.15) is 0 Å². The lowest BCUT2D eigenvalue weighted by Gasteiger charge is -2.07. The van der Waals surface area contributed by atoms with Crippen molar-refractivity contribution < 1.29 is 9.59 Å². The van der Waals surface area contributed by atoms with Crippen LogP contribution in [0.2, 0.25) is 0 Å². The predicted molar refractivity (Wildman–Crippen MR) is 107 cm³/mol. The van der Waals surface area contributed by atoms with E-state index in [0.29, 0.717) is 19.0 Å². The molecule has 0 bridgehead atoms. The van der Waals surface area contributed by atoms with Gasteiger partial charge in [0.15, 0.2) is 0 Å². The summed E-state index contributed by atoms with van der Waals surface area (Å²) in [6, 6.07) is 17.2. The van der Waals surface area contributed by atoms with E-state index in [-0.39, 0.29) is 12.4 Å². The molecular formula is C20H26ClO2P. The number of Topliss-reactive ketones (excluding diaryl/α,β-unsaturated/α-hetero) is 2. The van der Waals surface area contributed by atoms with Crippen LogP contribution in [0.15, 0.2) is 60.7 Å². The van der Waals surface area contributed by atoms with Gasteiger partial charge in [0.2, 0.25) is 11.6 Å². The van der Waals surface area contributed by atoms with Crippen LogP contribution in [-0.2, 0) is 0 Å². The lowest BCUT2D eigenvalue weighted by molar-refractivity contribution is 0.0817. The molecule has 2 aromatic carbocycles. The molecule has 0 radical (unpaired) electrons. The summed E-state index contributed by atoms with van der Waals surface area (Å²) < 4.78 is 0. The highest BCUT2D eigenvalue weighted by atomic mass is 35.5. The van der Waals surface area contributed by atoms with Crippen molar-refractivity contribution in [3.63, 3.8) is 0 Å². The van der Waals surface area contributed by atoms with Crippen molar-refractivity contribution >= 4 is 31.9 Å². The average molecular weight is 365 g/mol. The fraction of sp³-hybridized carbons (Fsp3) is 0.300. The van der Waals surface area contributed by atoms with Gasteiger partial charge in [-0.05, 0) is 18.5 Å². The number of carbonyl (C=O) groups excluding carboxylic acids is 2. The standard InChI is InChI=1S/C14H10O2.C6H15P.ClH/c15-13(11-7-3-1-4-8-11)14(16)12-9-5-2-6-10-12;1-4-7(5-2)6-3;/h1-10H;4-6H2,1-3H3;1H. The summed E-state index contributed by atoms with van der Waals surface area (Å²) in [6.07, 6.45) is 4.26. The molecule has 0 aliphatic heterocycles. The van der Waals surface area contributed by atoms with Crippen molar-refractivity contribution in [3.05, 3.63) is 71.8 Å². The minimum atomic E-state index is -0.466. The predicted octanol–water partition coefficient (Wildman–Crippen LogP) is 5.70. The average Bonchev–Trinajstić information content (AvgIpc) is 2.64. The Kier molecular flexibility index (Phi) is 12.1. The van der Waals surface area contributed by atoms with E-state index in [2.05, 4.69) is 20.8 Å². The van der Waals surface area contributed by atoms with E-state index in [1.165, 1.54) is 18.5 Å². The van der Waals surface area contributed by atoms with Crippen molar-refractivity contribution in [2.45, 2.75) is 20.8 Å². The first kappa shape index (κ1) is 22.5. The molecule has 0 aliphatic carbocycles. The maximum absolute atomic E-state index is 11.8. The molecule has 4 heteroatoms. The van der Waals surface area contributed by atoms with Crippen LogP contribution >= 0.6 is 20.3 Å². The highest BCUT2D eigenvalue weighted by molar-refractivity contribution is 7.57. The Hall–Kier alpha value is -1.50. The molecule has 2 aromatic rings. The molecule has 0 aromatic heterocycles. The molecule has 0 spiro atoms. The molecule has 24 heavy (non-hydrogen) atoms. The quantitative estimate of drug-likeness (QED) is 0.374. The van der Waals surface area contributed by atoms with Crippen molar-refractivity contribution in [1.82, 2.24) is 0 Å². The molecule has 0 saturated heterocycles. The first-order valence-electron chi connectivity index (χ1n) is 8.05. The molecule has 0 atom stereocenters. The van der Waals surface area contributed by atoms with Gasteiger partial charge in [-0.3, -0.25) is 9.59 Å². The van der Waals surface area contributed by atoms with Crippen molar-refractivity contribution in [1.29, 1.82) is 0 Å². The Balaban J connectivity index is 0.000000570. The SMILES string of the molecule is CCP(CC)CC.Cl.O=C(C(=O)c1ccccc1)c1ccccc1. The third-order valence-corrected chi connectivity index (χ3v) is 6.30. The number of carbonyl (C=O) groups is 2. The number of benzene rings is 2. The smallest absolute Gasteiger partial charge is 0.233 e. The first-order valence-corrected chi connectivity index (χ1v) is 9.95. The maximum Gasteiger partial charge on any atom is 0.233 e. The second-order valence-corrected chi connectivity index (χ2v) is 8.25. The van der Waals surface area contributed by atoms with Gasteiger partial charge < -0.3 is 0 Å². The molecule has 0 unspecified atom stereocenters. The maximum atomic E-state index is 11.8. The number of ketones is 2. The van der Waals surface area contributed by atoms with Crippen LogP contribution in [0.3, 0.4) is 0 Å². The van der Waals surface area contributed by atoms with Crippen LogP contribution in [0.25, 0.3) is 0 Å². The highest BCUT2D eigenvalue weighted by Gasteiger charge is 2.16.